The van der Waals surface area contributed by atoms with Crippen molar-refractivity contribution in [3.8, 4) is 0 Å². The molecule has 0 saturated carbocycles. The van der Waals surface area contributed by atoms with E-state index < -0.39 is 0 Å². The van der Waals surface area contributed by atoms with Gasteiger partial charge in [-0.05, 0) is 31.9 Å². The Kier molecular flexibility index (Phi) is 7.58. The molecule has 0 aliphatic carbocycles. The van der Waals surface area contributed by atoms with Crippen LogP contribution in [0.4, 0.5) is 0 Å². The highest BCUT2D eigenvalue weighted by Crippen LogP contribution is 2.22. The minimum absolute atomic E-state index is 0. The highest BCUT2D eigenvalue weighted by Gasteiger charge is 2.36. The molecule has 2 fully saturated rings. The molecule has 1 amide bonds. The minimum Gasteiger partial charge on any atom is -0.469 e. The molecule has 0 spiro atoms. The second kappa shape index (κ2) is 9.45. The molecule has 3 heterocycles. The maximum Gasteiger partial charge on any atom is 0.223 e. The molecule has 1 aromatic rings. The molecule has 0 aromatic carbocycles. The topological polar surface area (TPSA) is 61.1 Å². The number of piperazine rings is 1. The number of amides is 1. The molecule has 140 valence electrons. The fourth-order valence-electron chi connectivity index (χ4n) is 3.34. The van der Waals surface area contributed by atoms with E-state index in [0.717, 1.165) is 50.6 Å². The van der Waals surface area contributed by atoms with Crippen LogP contribution >= 0.6 is 24.0 Å². The molecule has 2 atom stereocenters. The van der Waals surface area contributed by atoms with Crippen molar-refractivity contribution in [2.45, 2.75) is 51.6 Å². The number of rotatable bonds is 5. The lowest BCUT2D eigenvalue weighted by Gasteiger charge is -2.39. The molecule has 0 radical (unpaired) electrons. The van der Waals surface area contributed by atoms with Crippen LogP contribution in [-0.2, 0) is 11.2 Å². The van der Waals surface area contributed by atoms with Gasteiger partial charge in [-0.2, -0.15) is 0 Å². The normalized spacial score (nSPS) is 21.8. The third-order valence-electron chi connectivity index (χ3n) is 4.98. The van der Waals surface area contributed by atoms with Gasteiger partial charge in [-0.3, -0.25) is 9.79 Å². The number of guanidine groups is 1. The summed E-state index contributed by atoms with van der Waals surface area (Å²) in [5, 5.41) is 3.55. The average Bonchev–Trinajstić information content (AvgIpc) is 3.23. The van der Waals surface area contributed by atoms with E-state index in [-0.39, 0.29) is 24.0 Å². The largest absolute Gasteiger partial charge is 0.469 e. The molecule has 6 nitrogen and oxygen atoms in total. The summed E-state index contributed by atoms with van der Waals surface area (Å²) >= 11 is 0. The second-order valence-corrected chi connectivity index (χ2v) is 6.71. The van der Waals surface area contributed by atoms with E-state index in [1.54, 1.807) is 6.26 Å². The van der Waals surface area contributed by atoms with E-state index >= 15 is 0 Å². The van der Waals surface area contributed by atoms with Gasteiger partial charge in [0.1, 0.15) is 5.76 Å². The van der Waals surface area contributed by atoms with E-state index in [9.17, 15) is 4.79 Å². The fourth-order valence-corrected chi connectivity index (χ4v) is 3.34. The van der Waals surface area contributed by atoms with Gasteiger partial charge in [0.25, 0.3) is 0 Å². The van der Waals surface area contributed by atoms with Crippen molar-refractivity contribution in [2.24, 2.45) is 4.99 Å². The molecule has 2 saturated heterocycles. The van der Waals surface area contributed by atoms with Gasteiger partial charge >= 0.3 is 0 Å². The number of carbonyl (C=O) groups excluding carboxylic acids is 1. The van der Waals surface area contributed by atoms with Crippen molar-refractivity contribution in [2.75, 3.05) is 26.2 Å². The Morgan fingerprint density at radius 1 is 1.48 bits per heavy atom. The molecule has 0 bridgehead atoms. The van der Waals surface area contributed by atoms with E-state index in [2.05, 4.69) is 24.1 Å². The van der Waals surface area contributed by atoms with Crippen LogP contribution in [-0.4, -0.2) is 59.9 Å². The Balaban J connectivity index is 0.00000225. The third kappa shape index (κ3) is 5.12. The molecule has 25 heavy (non-hydrogen) atoms. The van der Waals surface area contributed by atoms with Crippen molar-refractivity contribution >= 4 is 35.8 Å². The molecule has 2 aliphatic rings. The van der Waals surface area contributed by atoms with Crippen molar-refractivity contribution in [1.29, 1.82) is 0 Å². The Morgan fingerprint density at radius 3 is 3.04 bits per heavy atom. The van der Waals surface area contributed by atoms with E-state index in [1.165, 1.54) is 0 Å². The van der Waals surface area contributed by atoms with Crippen LogP contribution < -0.4 is 5.32 Å². The zero-order valence-corrected chi connectivity index (χ0v) is 17.4. The second-order valence-electron chi connectivity index (χ2n) is 6.71. The number of furan rings is 1. The van der Waals surface area contributed by atoms with Crippen molar-refractivity contribution in [3.05, 3.63) is 24.2 Å². The van der Waals surface area contributed by atoms with Gasteiger partial charge in [0.05, 0.1) is 6.26 Å². The predicted molar refractivity (Wildman–Crippen MR) is 109 cm³/mol. The molecule has 7 heteroatoms. The van der Waals surface area contributed by atoms with Crippen molar-refractivity contribution in [3.63, 3.8) is 0 Å². The third-order valence-corrected chi connectivity index (χ3v) is 4.98. The van der Waals surface area contributed by atoms with Crippen LogP contribution in [0, 0.1) is 0 Å². The van der Waals surface area contributed by atoms with Crippen LogP contribution in [0.5, 0.6) is 0 Å². The number of aliphatic imine (C=N–C) groups is 1. The first-order valence-corrected chi connectivity index (χ1v) is 9.05. The van der Waals surface area contributed by atoms with Crippen LogP contribution in [0.25, 0.3) is 0 Å². The van der Waals surface area contributed by atoms with Gasteiger partial charge in [0.2, 0.25) is 5.91 Å². The lowest BCUT2D eigenvalue weighted by atomic mass is 10.1. The zero-order valence-electron chi connectivity index (χ0n) is 15.1. The zero-order chi connectivity index (χ0) is 16.9. The molecule has 1 aromatic heterocycles. The Hall–Kier alpha value is -1.25. The monoisotopic (exact) mass is 460 g/mol. The van der Waals surface area contributed by atoms with Crippen molar-refractivity contribution < 1.29 is 9.21 Å². The number of halogens is 1. The van der Waals surface area contributed by atoms with Gasteiger partial charge in [-0.25, -0.2) is 0 Å². The van der Waals surface area contributed by atoms with E-state index in [4.69, 9.17) is 9.41 Å². The standard InChI is InChI=1S/C18H28N4O2.HI/c1-3-14(2)20-18(19-9-8-16-5-4-12-24-16)21-10-11-22-15(13-21)6-7-17(22)23;/h4-5,12,14-15H,3,6-11,13H2,1-2H3,(H,19,20);1H. The predicted octanol–water partition coefficient (Wildman–Crippen LogP) is 2.49. The van der Waals surface area contributed by atoms with Crippen LogP contribution in [0.15, 0.2) is 27.8 Å². The fraction of sp³-hybridized carbons (Fsp3) is 0.667. The minimum atomic E-state index is 0. The summed E-state index contributed by atoms with van der Waals surface area (Å²) in [7, 11) is 0. The summed E-state index contributed by atoms with van der Waals surface area (Å²) in [5.41, 5.74) is 0. The quantitative estimate of drug-likeness (QED) is 0.417. The first-order valence-electron chi connectivity index (χ1n) is 9.05. The SMILES string of the molecule is CCC(C)NC(=NCCc1ccco1)N1CCN2C(=O)CCC2C1.I. The number of carbonyl (C=O) groups is 1. The molecule has 3 rings (SSSR count). The smallest absolute Gasteiger partial charge is 0.223 e. The number of fused-ring (bicyclic) bond motifs is 1. The highest BCUT2D eigenvalue weighted by molar-refractivity contribution is 14.0. The Bertz CT molecular complexity index is 576. The van der Waals surface area contributed by atoms with Gasteiger partial charge < -0.3 is 19.5 Å². The number of nitrogens with zero attached hydrogens (tertiary/aromatic N) is 3. The summed E-state index contributed by atoms with van der Waals surface area (Å²) in [6.07, 6.45) is 5.23. The van der Waals surface area contributed by atoms with Crippen LogP contribution in [0.1, 0.15) is 38.9 Å². The molecular formula is C18H29IN4O2. The lowest BCUT2D eigenvalue weighted by molar-refractivity contribution is -0.130. The van der Waals surface area contributed by atoms with Gasteiger partial charge in [0.15, 0.2) is 5.96 Å². The lowest BCUT2D eigenvalue weighted by Crippen LogP contribution is -2.57. The average molecular weight is 460 g/mol. The highest BCUT2D eigenvalue weighted by atomic mass is 127. The van der Waals surface area contributed by atoms with E-state index in [1.807, 2.05) is 17.0 Å². The van der Waals surface area contributed by atoms with Crippen molar-refractivity contribution in [1.82, 2.24) is 15.1 Å². The molecular weight excluding hydrogens is 431 g/mol. The molecule has 2 unspecified atom stereocenters. The summed E-state index contributed by atoms with van der Waals surface area (Å²) in [6, 6.07) is 4.63. The van der Waals surface area contributed by atoms with Gasteiger partial charge in [-0.1, -0.05) is 6.92 Å². The summed E-state index contributed by atoms with van der Waals surface area (Å²) < 4.78 is 5.38. The first-order chi connectivity index (χ1) is 11.7. The summed E-state index contributed by atoms with van der Waals surface area (Å²) in [6.45, 7) is 7.60. The number of hydrogen-bond donors (Lipinski definition) is 1. The molecule has 2 aliphatic heterocycles. The van der Waals surface area contributed by atoms with Gasteiger partial charge in [-0.15, -0.1) is 24.0 Å². The van der Waals surface area contributed by atoms with Gasteiger partial charge in [0, 0.05) is 51.1 Å². The van der Waals surface area contributed by atoms with E-state index in [0.29, 0.717) is 31.0 Å². The molecule has 1 N–H and O–H groups in total. The first kappa shape index (κ1) is 20.1. The maximum absolute atomic E-state index is 11.9. The Morgan fingerprint density at radius 2 is 2.32 bits per heavy atom. The maximum atomic E-state index is 11.9. The van der Waals surface area contributed by atoms with Crippen LogP contribution in [0.3, 0.4) is 0 Å². The number of nitrogens with one attached hydrogen (secondary N) is 1. The summed E-state index contributed by atoms with van der Waals surface area (Å²) in [4.78, 5) is 21.0. The summed E-state index contributed by atoms with van der Waals surface area (Å²) in [5.74, 6) is 2.24. The van der Waals surface area contributed by atoms with Crippen LogP contribution in [0.2, 0.25) is 0 Å². The Labute approximate surface area is 167 Å². The number of hydrogen-bond acceptors (Lipinski definition) is 3.